The molecule has 0 bridgehead atoms. The quantitative estimate of drug-likeness (QED) is 0.703. The van der Waals surface area contributed by atoms with Crippen molar-refractivity contribution >= 4 is 0 Å². The molecule has 2 fully saturated rings. The summed E-state index contributed by atoms with van der Waals surface area (Å²) in [5, 5.41) is 13.2. The zero-order chi connectivity index (χ0) is 10.5. The Bertz CT molecular complexity index is 177. The van der Waals surface area contributed by atoms with Gasteiger partial charge in [-0.15, -0.1) is 0 Å². The maximum absolute atomic E-state index is 9.42. The van der Waals surface area contributed by atoms with Crippen LogP contribution in [-0.4, -0.2) is 23.8 Å². The fourth-order valence-corrected chi connectivity index (χ4v) is 3.22. The molecule has 15 heavy (non-hydrogen) atoms. The molecule has 0 heterocycles. The van der Waals surface area contributed by atoms with Crippen LogP contribution in [0.15, 0.2) is 0 Å². The molecule has 2 heteroatoms. The standard InChI is InChI=1S/C13H25NO/c15-10-11-6-2-1-3-9-13(11)14-12-7-4-5-8-12/h11-15H,1-10H2. The predicted molar refractivity (Wildman–Crippen MR) is 62.8 cm³/mol. The highest BCUT2D eigenvalue weighted by molar-refractivity contribution is 4.84. The van der Waals surface area contributed by atoms with E-state index in [1.807, 2.05) is 0 Å². The van der Waals surface area contributed by atoms with Crippen molar-refractivity contribution in [1.29, 1.82) is 0 Å². The summed E-state index contributed by atoms with van der Waals surface area (Å²) in [5.41, 5.74) is 0. The Labute approximate surface area is 93.5 Å². The van der Waals surface area contributed by atoms with Crippen molar-refractivity contribution in [1.82, 2.24) is 5.32 Å². The molecule has 2 aliphatic carbocycles. The molecule has 0 aromatic carbocycles. The lowest BCUT2D eigenvalue weighted by Gasteiger charge is -2.27. The van der Waals surface area contributed by atoms with Gasteiger partial charge in [-0.25, -0.2) is 0 Å². The average molecular weight is 211 g/mol. The Morgan fingerprint density at radius 1 is 0.867 bits per heavy atom. The van der Waals surface area contributed by atoms with Gasteiger partial charge in [0.25, 0.3) is 0 Å². The average Bonchev–Trinajstić information content (AvgIpc) is 2.64. The molecular weight excluding hydrogens is 186 g/mol. The summed E-state index contributed by atoms with van der Waals surface area (Å²) in [4.78, 5) is 0. The highest BCUT2D eigenvalue weighted by Crippen LogP contribution is 2.26. The molecule has 2 rings (SSSR count). The number of hydrogen-bond donors (Lipinski definition) is 2. The largest absolute Gasteiger partial charge is 0.396 e. The first-order valence-electron chi connectivity index (χ1n) is 6.77. The zero-order valence-electron chi connectivity index (χ0n) is 9.75. The minimum Gasteiger partial charge on any atom is -0.396 e. The monoisotopic (exact) mass is 211 g/mol. The van der Waals surface area contributed by atoms with Crippen molar-refractivity contribution < 1.29 is 5.11 Å². The number of rotatable bonds is 3. The van der Waals surface area contributed by atoms with E-state index in [1.54, 1.807) is 0 Å². The minimum atomic E-state index is 0.379. The molecule has 0 amide bonds. The molecule has 2 atom stereocenters. The number of hydrogen-bond acceptors (Lipinski definition) is 2. The Morgan fingerprint density at radius 3 is 2.27 bits per heavy atom. The summed E-state index contributed by atoms with van der Waals surface area (Å²) in [6.45, 7) is 0.379. The molecule has 0 aliphatic heterocycles. The van der Waals surface area contributed by atoms with Crippen molar-refractivity contribution in [3.63, 3.8) is 0 Å². The summed E-state index contributed by atoms with van der Waals surface area (Å²) in [6.07, 6.45) is 12.0. The van der Waals surface area contributed by atoms with E-state index in [-0.39, 0.29) is 0 Å². The van der Waals surface area contributed by atoms with Gasteiger partial charge in [-0.3, -0.25) is 0 Å². The zero-order valence-corrected chi connectivity index (χ0v) is 9.75. The molecule has 88 valence electrons. The van der Waals surface area contributed by atoms with Crippen LogP contribution in [0.5, 0.6) is 0 Å². The molecule has 2 saturated carbocycles. The fourth-order valence-electron chi connectivity index (χ4n) is 3.22. The topological polar surface area (TPSA) is 32.3 Å². The summed E-state index contributed by atoms with van der Waals surface area (Å²) in [6, 6.07) is 1.35. The first-order valence-corrected chi connectivity index (χ1v) is 6.77. The van der Waals surface area contributed by atoms with Gasteiger partial charge >= 0.3 is 0 Å². The smallest absolute Gasteiger partial charge is 0.0474 e. The summed E-state index contributed by atoms with van der Waals surface area (Å²) < 4.78 is 0. The summed E-state index contributed by atoms with van der Waals surface area (Å²) >= 11 is 0. The van der Waals surface area contributed by atoms with Crippen LogP contribution in [0.25, 0.3) is 0 Å². The maximum Gasteiger partial charge on any atom is 0.0474 e. The molecule has 0 saturated heterocycles. The van der Waals surface area contributed by atoms with Crippen LogP contribution in [0.4, 0.5) is 0 Å². The van der Waals surface area contributed by atoms with Gasteiger partial charge in [-0.1, -0.05) is 32.1 Å². The second kappa shape index (κ2) is 5.86. The minimum absolute atomic E-state index is 0.379. The molecule has 2 unspecified atom stereocenters. The van der Waals surface area contributed by atoms with Gasteiger partial charge in [0.2, 0.25) is 0 Å². The highest BCUT2D eigenvalue weighted by Gasteiger charge is 2.26. The lowest BCUT2D eigenvalue weighted by molar-refractivity contribution is 0.175. The van der Waals surface area contributed by atoms with Gasteiger partial charge in [-0.2, -0.15) is 0 Å². The third kappa shape index (κ3) is 3.18. The molecule has 0 radical (unpaired) electrons. The van der Waals surface area contributed by atoms with Crippen LogP contribution in [0.1, 0.15) is 57.8 Å². The lowest BCUT2D eigenvalue weighted by atomic mass is 9.94. The van der Waals surface area contributed by atoms with E-state index >= 15 is 0 Å². The van der Waals surface area contributed by atoms with Crippen LogP contribution in [0, 0.1) is 5.92 Å². The predicted octanol–water partition coefficient (Wildman–Crippen LogP) is 2.46. The number of nitrogens with one attached hydrogen (secondary N) is 1. The SMILES string of the molecule is OCC1CCCCCC1NC1CCCC1. The molecule has 0 aromatic heterocycles. The van der Waals surface area contributed by atoms with Crippen LogP contribution < -0.4 is 5.32 Å². The Kier molecular flexibility index (Phi) is 4.45. The fraction of sp³-hybridized carbons (Fsp3) is 1.00. The van der Waals surface area contributed by atoms with Gasteiger partial charge in [0.1, 0.15) is 0 Å². The van der Waals surface area contributed by atoms with Gasteiger partial charge in [-0.05, 0) is 31.6 Å². The van der Waals surface area contributed by atoms with E-state index in [0.29, 0.717) is 18.6 Å². The second-order valence-corrected chi connectivity index (χ2v) is 5.34. The number of aliphatic hydroxyl groups excluding tert-OH is 1. The van der Waals surface area contributed by atoms with Crippen LogP contribution in [-0.2, 0) is 0 Å². The normalized spacial score (nSPS) is 34.2. The van der Waals surface area contributed by atoms with Gasteiger partial charge < -0.3 is 10.4 Å². The first kappa shape index (κ1) is 11.4. The van der Waals surface area contributed by atoms with Crippen molar-refractivity contribution in [3.05, 3.63) is 0 Å². The molecule has 2 N–H and O–H groups in total. The maximum atomic E-state index is 9.42. The van der Waals surface area contributed by atoms with Crippen molar-refractivity contribution in [2.45, 2.75) is 69.9 Å². The molecule has 0 aromatic rings. The van der Waals surface area contributed by atoms with Crippen LogP contribution >= 0.6 is 0 Å². The third-order valence-electron chi connectivity index (χ3n) is 4.20. The molecular formula is C13H25NO. The summed E-state index contributed by atoms with van der Waals surface area (Å²) in [5.74, 6) is 0.521. The lowest BCUT2D eigenvalue weighted by Crippen LogP contribution is -2.42. The van der Waals surface area contributed by atoms with Gasteiger partial charge in [0.15, 0.2) is 0 Å². The molecule has 2 nitrogen and oxygen atoms in total. The van der Waals surface area contributed by atoms with Crippen molar-refractivity contribution in [3.8, 4) is 0 Å². The molecule has 0 spiro atoms. The van der Waals surface area contributed by atoms with E-state index in [1.165, 1.54) is 57.8 Å². The van der Waals surface area contributed by atoms with Crippen molar-refractivity contribution in [2.75, 3.05) is 6.61 Å². The van der Waals surface area contributed by atoms with Crippen LogP contribution in [0.2, 0.25) is 0 Å². The van der Waals surface area contributed by atoms with E-state index < -0.39 is 0 Å². The number of aliphatic hydroxyl groups is 1. The van der Waals surface area contributed by atoms with Gasteiger partial charge in [0, 0.05) is 18.7 Å². The van der Waals surface area contributed by atoms with Crippen LogP contribution in [0.3, 0.4) is 0 Å². The molecule has 2 aliphatic rings. The van der Waals surface area contributed by atoms with Crippen molar-refractivity contribution in [2.24, 2.45) is 5.92 Å². The Hall–Kier alpha value is -0.0800. The van der Waals surface area contributed by atoms with E-state index in [9.17, 15) is 5.11 Å². The van der Waals surface area contributed by atoms with E-state index in [4.69, 9.17) is 0 Å². The van der Waals surface area contributed by atoms with E-state index in [2.05, 4.69) is 5.32 Å². The van der Waals surface area contributed by atoms with E-state index in [0.717, 1.165) is 6.04 Å². The van der Waals surface area contributed by atoms with Gasteiger partial charge in [0.05, 0.1) is 0 Å². The third-order valence-corrected chi connectivity index (χ3v) is 4.20. The first-order chi connectivity index (χ1) is 7.40. The Morgan fingerprint density at radius 2 is 1.53 bits per heavy atom. The highest BCUT2D eigenvalue weighted by atomic mass is 16.3. The second-order valence-electron chi connectivity index (χ2n) is 5.34. The summed E-state index contributed by atoms with van der Waals surface area (Å²) in [7, 11) is 0. The Balaban J connectivity index is 1.85.